The van der Waals surface area contributed by atoms with Crippen LogP contribution in [0.3, 0.4) is 0 Å². The lowest BCUT2D eigenvalue weighted by molar-refractivity contribution is -0.146. The second-order valence-electron chi connectivity index (χ2n) is 7.07. The van der Waals surface area contributed by atoms with E-state index in [0.717, 1.165) is 12.8 Å². The van der Waals surface area contributed by atoms with Crippen molar-refractivity contribution in [3.05, 3.63) is 29.6 Å². The van der Waals surface area contributed by atoms with Gasteiger partial charge in [0.2, 0.25) is 5.91 Å². The van der Waals surface area contributed by atoms with Crippen molar-refractivity contribution < 1.29 is 18.7 Å². The highest BCUT2D eigenvalue weighted by Gasteiger charge is 2.49. The Morgan fingerprint density at radius 2 is 2.15 bits per heavy atom. The highest BCUT2D eigenvalue weighted by molar-refractivity contribution is 5.85. The summed E-state index contributed by atoms with van der Waals surface area (Å²) in [6, 6.07) is 4.46. The standard InChI is InChI=1S/C19H26FN3O3/c1-3-21-18(25)23-10-8-19(13-23)7-4-9-22(17(19)24)12-14-11-15(26-2)5-6-16(14)20/h5-6,11H,3-4,7-10,12-13H2,1-2H3,(H,21,25)/t19-/m0/s1. The summed E-state index contributed by atoms with van der Waals surface area (Å²) < 4.78 is 19.3. The van der Waals surface area contributed by atoms with Crippen molar-refractivity contribution >= 4 is 11.9 Å². The second-order valence-corrected chi connectivity index (χ2v) is 7.07. The molecule has 0 bridgehead atoms. The molecule has 2 aliphatic heterocycles. The molecule has 0 unspecified atom stereocenters. The molecule has 0 saturated carbocycles. The number of likely N-dealkylation sites (tertiary alicyclic amines) is 2. The zero-order valence-corrected chi connectivity index (χ0v) is 15.4. The smallest absolute Gasteiger partial charge is 0.317 e. The lowest BCUT2D eigenvalue weighted by atomic mass is 9.78. The highest BCUT2D eigenvalue weighted by Crippen LogP contribution is 2.40. The van der Waals surface area contributed by atoms with Gasteiger partial charge in [-0.15, -0.1) is 0 Å². The maximum atomic E-state index is 14.2. The van der Waals surface area contributed by atoms with Gasteiger partial charge in [0, 0.05) is 38.3 Å². The number of carbonyl (C=O) groups excluding carboxylic acids is 2. The number of amides is 3. The SMILES string of the molecule is CCNC(=O)N1CC[C@@]2(CCCN(Cc3cc(OC)ccc3F)C2=O)C1. The predicted molar refractivity (Wildman–Crippen MR) is 95.3 cm³/mol. The molecule has 2 fully saturated rings. The summed E-state index contributed by atoms with van der Waals surface area (Å²) in [4.78, 5) is 28.7. The molecule has 1 aromatic carbocycles. The van der Waals surface area contributed by atoms with Gasteiger partial charge in [-0.2, -0.15) is 0 Å². The molecule has 3 rings (SSSR count). The van der Waals surface area contributed by atoms with E-state index in [9.17, 15) is 14.0 Å². The Bertz CT molecular complexity index is 697. The Kier molecular flexibility index (Phi) is 5.34. The molecular formula is C19H26FN3O3. The minimum Gasteiger partial charge on any atom is -0.497 e. The van der Waals surface area contributed by atoms with E-state index >= 15 is 0 Å². The van der Waals surface area contributed by atoms with Crippen LogP contribution in [0.4, 0.5) is 9.18 Å². The van der Waals surface area contributed by atoms with Gasteiger partial charge in [0.05, 0.1) is 12.5 Å². The molecule has 1 N–H and O–H groups in total. The molecule has 6 nitrogen and oxygen atoms in total. The average Bonchev–Trinajstić information content (AvgIpc) is 3.06. The fraction of sp³-hybridized carbons (Fsp3) is 0.579. The van der Waals surface area contributed by atoms with Crippen LogP contribution in [0.25, 0.3) is 0 Å². The Morgan fingerprint density at radius 1 is 1.35 bits per heavy atom. The minimum absolute atomic E-state index is 0.0257. The summed E-state index contributed by atoms with van der Waals surface area (Å²) in [5.74, 6) is 0.259. The molecule has 1 aromatic rings. The maximum absolute atomic E-state index is 14.2. The van der Waals surface area contributed by atoms with Crippen molar-refractivity contribution in [1.29, 1.82) is 0 Å². The third-order valence-corrected chi connectivity index (χ3v) is 5.41. The number of urea groups is 1. The fourth-order valence-corrected chi connectivity index (χ4v) is 4.00. The summed E-state index contributed by atoms with van der Waals surface area (Å²) in [6.07, 6.45) is 2.31. The number of rotatable bonds is 4. The number of carbonyl (C=O) groups is 2. The van der Waals surface area contributed by atoms with Gasteiger partial charge in [-0.05, 0) is 44.4 Å². The van der Waals surface area contributed by atoms with E-state index in [4.69, 9.17) is 4.74 Å². The number of halogens is 1. The van der Waals surface area contributed by atoms with Gasteiger partial charge in [-0.1, -0.05) is 0 Å². The molecule has 142 valence electrons. The number of methoxy groups -OCH3 is 1. The molecule has 0 aliphatic carbocycles. The molecule has 2 heterocycles. The summed E-state index contributed by atoms with van der Waals surface area (Å²) >= 11 is 0. The molecule has 0 radical (unpaired) electrons. The average molecular weight is 363 g/mol. The summed E-state index contributed by atoms with van der Waals surface area (Å²) in [7, 11) is 1.53. The van der Waals surface area contributed by atoms with Crippen molar-refractivity contribution in [2.75, 3.05) is 33.3 Å². The van der Waals surface area contributed by atoms with Crippen molar-refractivity contribution in [3.8, 4) is 5.75 Å². The van der Waals surface area contributed by atoms with Crippen LogP contribution in [0.2, 0.25) is 0 Å². The van der Waals surface area contributed by atoms with Crippen LogP contribution in [0.1, 0.15) is 31.7 Å². The van der Waals surface area contributed by atoms with E-state index in [1.807, 2.05) is 6.92 Å². The van der Waals surface area contributed by atoms with E-state index in [0.29, 0.717) is 43.9 Å². The summed E-state index contributed by atoms with van der Waals surface area (Å²) in [5, 5.41) is 2.79. The lowest BCUT2D eigenvalue weighted by Gasteiger charge is -2.39. The van der Waals surface area contributed by atoms with Gasteiger partial charge in [-0.3, -0.25) is 4.79 Å². The Labute approximate surface area is 153 Å². The molecule has 7 heteroatoms. The highest BCUT2D eigenvalue weighted by atomic mass is 19.1. The molecule has 26 heavy (non-hydrogen) atoms. The number of benzene rings is 1. The van der Waals surface area contributed by atoms with Gasteiger partial charge in [0.25, 0.3) is 0 Å². The van der Waals surface area contributed by atoms with Gasteiger partial charge >= 0.3 is 6.03 Å². The van der Waals surface area contributed by atoms with Crippen LogP contribution in [0, 0.1) is 11.2 Å². The Morgan fingerprint density at radius 3 is 2.88 bits per heavy atom. The summed E-state index contributed by atoms with van der Waals surface area (Å²) in [6.45, 7) is 4.30. The third kappa shape index (κ3) is 3.48. The summed E-state index contributed by atoms with van der Waals surface area (Å²) in [5.41, 5.74) is -0.0769. The molecular weight excluding hydrogens is 337 g/mol. The van der Waals surface area contributed by atoms with Crippen LogP contribution in [-0.4, -0.2) is 55.0 Å². The van der Waals surface area contributed by atoms with Crippen LogP contribution in [0.5, 0.6) is 5.75 Å². The minimum atomic E-state index is -0.529. The van der Waals surface area contributed by atoms with E-state index < -0.39 is 5.41 Å². The quantitative estimate of drug-likeness (QED) is 0.893. The van der Waals surface area contributed by atoms with E-state index in [1.54, 1.807) is 21.9 Å². The zero-order chi connectivity index (χ0) is 18.7. The van der Waals surface area contributed by atoms with Gasteiger partial charge in [0.1, 0.15) is 11.6 Å². The first kappa shape index (κ1) is 18.5. The lowest BCUT2D eigenvalue weighted by Crippen LogP contribution is -2.50. The van der Waals surface area contributed by atoms with E-state index in [1.165, 1.54) is 13.2 Å². The zero-order valence-electron chi connectivity index (χ0n) is 15.4. The van der Waals surface area contributed by atoms with Crippen molar-refractivity contribution in [3.63, 3.8) is 0 Å². The second kappa shape index (κ2) is 7.51. The molecule has 2 saturated heterocycles. The van der Waals surface area contributed by atoms with E-state index in [-0.39, 0.29) is 24.3 Å². The molecule has 1 spiro atoms. The van der Waals surface area contributed by atoms with Gasteiger partial charge in [0.15, 0.2) is 0 Å². The van der Waals surface area contributed by atoms with Gasteiger partial charge < -0.3 is 19.9 Å². The van der Waals surface area contributed by atoms with Crippen LogP contribution in [0.15, 0.2) is 18.2 Å². The molecule has 0 aromatic heterocycles. The number of nitrogens with one attached hydrogen (secondary N) is 1. The largest absolute Gasteiger partial charge is 0.497 e. The van der Waals surface area contributed by atoms with Crippen molar-refractivity contribution in [2.24, 2.45) is 5.41 Å². The van der Waals surface area contributed by atoms with E-state index in [2.05, 4.69) is 5.32 Å². The maximum Gasteiger partial charge on any atom is 0.317 e. The molecule has 2 aliphatic rings. The molecule has 3 amide bonds. The number of nitrogens with zero attached hydrogens (tertiary/aromatic N) is 2. The van der Waals surface area contributed by atoms with Crippen LogP contribution >= 0.6 is 0 Å². The van der Waals surface area contributed by atoms with Gasteiger partial charge in [-0.25, -0.2) is 9.18 Å². The fourth-order valence-electron chi connectivity index (χ4n) is 4.00. The number of hydrogen-bond donors (Lipinski definition) is 1. The van der Waals surface area contributed by atoms with Crippen LogP contribution in [-0.2, 0) is 11.3 Å². The van der Waals surface area contributed by atoms with Crippen LogP contribution < -0.4 is 10.1 Å². The number of ether oxygens (including phenoxy) is 1. The predicted octanol–water partition coefficient (Wildman–Crippen LogP) is 2.38. The Balaban J connectivity index is 1.73. The number of piperidine rings is 1. The number of hydrogen-bond acceptors (Lipinski definition) is 3. The topological polar surface area (TPSA) is 61.9 Å². The molecule has 1 atom stereocenters. The van der Waals surface area contributed by atoms with Crippen molar-refractivity contribution in [1.82, 2.24) is 15.1 Å². The monoisotopic (exact) mass is 363 g/mol. The first-order chi connectivity index (χ1) is 12.5. The van der Waals surface area contributed by atoms with Crippen molar-refractivity contribution in [2.45, 2.75) is 32.7 Å². The first-order valence-electron chi connectivity index (χ1n) is 9.13. The third-order valence-electron chi connectivity index (χ3n) is 5.41. The first-order valence-corrected chi connectivity index (χ1v) is 9.13. The Hall–Kier alpha value is -2.31. The normalized spacial score (nSPS) is 22.8.